The predicted molar refractivity (Wildman–Crippen MR) is 98.8 cm³/mol. The first-order valence-electron chi connectivity index (χ1n) is 7.91. The molecule has 0 amide bonds. The van der Waals surface area contributed by atoms with Crippen molar-refractivity contribution in [3.8, 4) is 22.4 Å². The number of nitrogens with one attached hydrogen (secondary N) is 2. The summed E-state index contributed by atoms with van der Waals surface area (Å²) in [5, 5.41) is 15.5. The number of benzene rings is 2. The number of rotatable bonds is 4. The van der Waals surface area contributed by atoms with Crippen LogP contribution in [0.3, 0.4) is 0 Å². The topological polar surface area (TPSA) is 101 Å². The molecule has 130 valence electrons. The highest BCUT2D eigenvalue weighted by atomic mass is 32.2. The molecular weight excluding hydrogens is 350 g/mol. The molecule has 26 heavy (non-hydrogen) atoms. The summed E-state index contributed by atoms with van der Waals surface area (Å²) in [5.74, 6) is 0. The van der Waals surface area contributed by atoms with Crippen molar-refractivity contribution < 1.29 is 8.42 Å². The van der Waals surface area contributed by atoms with E-state index in [1.54, 1.807) is 0 Å². The first-order chi connectivity index (χ1) is 12.6. The highest BCUT2D eigenvalue weighted by Crippen LogP contribution is 2.37. The minimum atomic E-state index is -3.75. The van der Waals surface area contributed by atoms with Crippen molar-refractivity contribution in [3.05, 3.63) is 60.7 Å². The van der Waals surface area contributed by atoms with E-state index in [-0.39, 0.29) is 10.7 Å². The lowest BCUT2D eigenvalue weighted by Gasteiger charge is -2.11. The van der Waals surface area contributed by atoms with Crippen LogP contribution in [0.1, 0.15) is 0 Å². The van der Waals surface area contributed by atoms with Gasteiger partial charge in [0.05, 0.1) is 5.39 Å². The Morgan fingerprint density at radius 2 is 1.50 bits per heavy atom. The van der Waals surface area contributed by atoms with Crippen LogP contribution in [0.4, 0.5) is 0 Å². The van der Waals surface area contributed by atoms with Gasteiger partial charge in [-0.15, -0.1) is 10.2 Å². The molecule has 4 rings (SSSR count). The van der Waals surface area contributed by atoms with Gasteiger partial charge in [-0.2, -0.15) is 5.10 Å². The van der Waals surface area contributed by atoms with E-state index in [4.69, 9.17) is 0 Å². The number of fused-ring (bicyclic) bond motifs is 1. The van der Waals surface area contributed by atoms with Gasteiger partial charge in [-0.25, -0.2) is 13.1 Å². The van der Waals surface area contributed by atoms with Crippen LogP contribution in [0.15, 0.2) is 65.7 Å². The fourth-order valence-corrected chi connectivity index (χ4v) is 3.69. The molecule has 2 N–H and O–H groups in total. The Labute approximate surface area is 150 Å². The summed E-state index contributed by atoms with van der Waals surface area (Å²) in [5.41, 5.74) is 3.19. The Kier molecular flexibility index (Phi) is 3.98. The molecule has 0 radical (unpaired) electrons. The van der Waals surface area contributed by atoms with Crippen LogP contribution in [0.2, 0.25) is 0 Å². The lowest BCUT2D eigenvalue weighted by atomic mass is 9.98. The maximum atomic E-state index is 12.5. The van der Waals surface area contributed by atoms with Gasteiger partial charge in [0, 0.05) is 11.1 Å². The van der Waals surface area contributed by atoms with Crippen LogP contribution in [0, 0.1) is 0 Å². The zero-order valence-corrected chi connectivity index (χ0v) is 14.7. The van der Waals surface area contributed by atoms with Crippen molar-refractivity contribution in [1.29, 1.82) is 0 Å². The van der Waals surface area contributed by atoms with Crippen LogP contribution in [0.5, 0.6) is 0 Å². The van der Waals surface area contributed by atoms with E-state index in [0.717, 1.165) is 11.1 Å². The van der Waals surface area contributed by atoms with E-state index in [1.165, 1.54) is 7.05 Å². The molecule has 0 aliphatic rings. The van der Waals surface area contributed by atoms with Gasteiger partial charge < -0.3 is 0 Å². The largest absolute Gasteiger partial charge is 0.263 e. The molecule has 0 bridgehead atoms. The molecule has 2 heterocycles. The SMILES string of the molecule is CNS(=O)(=O)c1[nH]nc2nnc(-c3ccccc3)c(-c3ccccc3)c12. The van der Waals surface area contributed by atoms with Gasteiger partial charge in [0.2, 0.25) is 5.65 Å². The standard InChI is InChI=1S/C18H15N5O2S/c1-19-26(24,25)18-15-14(12-8-4-2-5-9-12)16(13-10-6-3-7-11-13)20-21-17(15)22-23-18/h2-11,19H,1H3,(H,21,22,23). The third-order valence-electron chi connectivity index (χ3n) is 4.09. The number of hydrogen-bond acceptors (Lipinski definition) is 5. The quantitative estimate of drug-likeness (QED) is 0.579. The van der Waals surface area contributed by atoms with Gasteiger partial charge in [0.15, 0.2) is 5.03 Å². The van der Waals surface area contributed by atoms with Crippen molar-refractivity contribution >= 4 is 21.1 Å². The number of nitrogens with zero attached hydrogens (tertiary/aromatic N) is 3. The molecular formula is C18H15N5O2S. The summed E-state index contributed by atoms with van der Waals surface area (Å²) in [6, 6.07) is 19.0. The van der Waals surface area contributed by atoms with E-state index in [9.17, 15) is 8.42 Å². The lowest BCUT2D eigenvalue weighted by molar-refractivity contribution is 0.585. The van der Waals surface area contributed by atoms with Crippen LogP contribution >= 0.6 is 0 Å². The van der Waals surface area contributed by atoms with Gasteiger partial charge in [0.1, 0.15) is 5.69 Å². The average molecular weight is 365 g/mol. The monoisotopic (exact) mass is 365 g/mol. The number of H-pyrrole nitrogens is 1. The summed E-state index contributed by atoms with van der Waals surface area (Å²) in [7, 11) is -2.39. The molecule has 4 aromatic rings. The van der Waals surface area contributed by atoms with Crippen molar-refractivity contribution in [3.63, 3.8) is 0 Å². The second-order valence-corrected chi connectivity index (χ2v) is 7.44. The summed E-state index contributed by atoms with van der Waals surface area (Å²) in [4.78, 5) is 0. The predicted octanol–water partition coefficient (Wildman–Crippen LogP) is 2.60. The Hall–Kier alpha value is -3.10. The third-order valence-corrected chi connectivity index (χ3v) is 5.46. The molecule has 8 heteroatoms. The molecule has 0 aliphatic carbocycles. The van der Waals surface area contributed by atoms with Gasteiger partial charge >= 0.3 is 0 Å². The highest BCUT2D eigenvalue weighted by molar-refractivity contribution is 7.89. The average Bonchev–Trinajstić information content (AvgIpc) is 3.13. The third kappa shape index (κ3) is 2.65. The fourth-order valence-electron chi connectivity index (χ4n) is 2.86. The van der Waals surface area contributed by atoms with Gasteiger partial charge in [-0.3, -0.25) is 5.10 Å². The van der Waals surface area contributed by atoms with Crippen molar-refractivity contribution in [1.82, 2.24) is 25.1 Å². The van der Waals surface area contributed by atoms with E-state index in [0.29, 0.717) is 16.6 Å². The van der Waals surface area contributed by atoms with Crippen molar-refractivity contribution in [2.45, 2.75) is 5.03 Å². The smallest absolute Gasteiger partial charge is 0.257 e. The van der Waals surface area contributed by atoms with Crippen molar-refractivity contribution in [2.24, 2.45) is 0 Å². The highest BCUT2D eigenvalue weighted by Gasteiger charge is 2.25. The second-order valence-electron chi connectivity index (χ2n) is 5.61. The molecule has 2 aromatic heterocycles. The van der Waals surface area contributed by atoms with Crippen molar-refractivity contribution in [2.75, 3.05) is 7.05 Å². The fraction of sp³-hybridized carbons (Fsp3) is 0.0556. The summed E-state index contributed by atoms with van der Waals surface area (Å²) >= 11 is 0. The Bertz CT molecular complexity index is 1170. The summed E-state index contributed by atoms with van der Waals surface area (Å²) in [6.45, 7) is 0. The number of hydrogen-bond donors (Lipinski definition) is 2. The molecule has 0 saturated carbocycles. The molecule has 0 aliphatic heterocycles. The Balaban J connectivity index is 2.15. The zero-order chi connectivity index (χ0) is 18.1. The first kappa shape index (κ1) is 16.4. The molecule has 0 unspecified atom stereocenters. The molecule has 2 aromatic carbocycles. The normalized spacial score (nSPS) is 11.7. The molecule has 0 fully saturated rings. The molecule has 0 saturated heterocycles. The number of aromatic nitrogens is 4. The molecule has 7 nitrogen and oxygen atoms in total. The Morgan fingerprint density at radius 3 is 2.12 bits per heavy atom. The maximum absolute atomic E-state index is 12.5. The first-order valence-corrected chi connectivity index (χ1v) is 9.39. The summed E-state index contributed by atoms with van der Waals surface area (Å²) in [6.07, 6.45) is 0. The van der Waals surface area contributed by atoms with Crippen LogP contribution in [-0.2, 0) is 10.0 Å². The Morgan fingerprint density at radius 1 is 0.885 bits per heavy atom. The minimum Gasteiger partial charge on any atom is -0.263 e. The van der Waals surface area contributed by atoms with E-state index >= 15 is 0 Å². The number of aromatic amines is 1. The van der Waals surface area contributed by atoms with Crippen LogP contribution < -0.4 is 4.72 Å². The van der Waals surface area contributed by atoms with E-state index in [1.807, 2.05) is 60.7 Å². The second kappa shape index (κ2) is 6.32. The van der Waals surface area contributed by atoms with Gasteiger partial charge in [0.25, 0.3) is 10.0 Å². The summed E-state index contributed by atoms with van der Waals surface area (Å²) < 4.78 is 27.3. The van der Waals surface area contributed by atoms with Crippen LogP contribution in [0.25, 0.3) is 33.4 Å². The maximum Gasteiger partial charge on any atom is 0.257 e. The van der Waals surface area contributed by atoms with Gasteiger partial charge in [-0.05, 0) is 12.6 Å². The molecule has 0 spiro atoms. The number of sulfonamides is 1. The van der Waals surface area contributed by atoms with E-state index < -0.39 is 10.0 Å². The van der Waals surface area contributed by atoms with E-state index in [2.05, 4.69) is 25.1 Å². The lowest BCUT2D eigenvalue weighted by Crippen LogP contribution is -2.19. The molecule has 0 atom stereocenters. The zero-order valence-electron chi connectivity index (χ0n) is 13.8. The van der Waals surface area contributed by atoms with Gasteiger partial charge in [-0.1, -0.05) is 60.7 Å². The minimum absolute atomic E-state index is 0.0269. The van der Waals surface area contributed by atoms with Crippen LogP contribution in [-0.4, -0.2) is 35.9 Å².